The van der Waals surface area contributed by atoms with Crippen molar-refractivity contribution in [2.24, 2.45) is 0 Å². The second-order valence-electron chi connectivity index (χ2n) is 9.01. The number of nitrogens with one attached hydrogen (secondary N) is 2. The molecule has 1 aliphatic carbocycles. The maximum atomic E-state index is 12.6. The fourth-order valence-electron chi connectivity index (χ4n) is 4.61. The molecule has 0 saturated carbocycles. The van der Waals surface area contributed by atoms with Crippen molar-refractivity contribution in [2.75, 3.05) is 13.2 Å². The molecule has 0 aromatic heterocycles. The summed E-state index contributed by atoms with van der Waals surface area (Å²) in [4.78, 5) is 35.7. The van der Waals surface area contributed by atoms with E-state index in [1.165, 1.54) is 11.1 Å². The Morgan fingerprint density at radius 1 is 0.914 bits per heavy atom. The molecule has 1 aliphatic rings. The third-order valence-corrected chi connectivity index (χ3v) is 6.40. The van der Waals surface area contributed by atoms with Gasteiger partial charge in [0.1, 0.15) is 12.6 Å². The number of rotatable bonds is 14. The molecule has 2 aromatic rings. The number of aliphatic carboxylic acids is 1. The van der Waals surface area contributed by atoms with Gasteiger partial charge in [0.25, 0.3) is 0 Å². The lowest BCUT2D eigenvalue weighted by molar-refractivity contribution is -0.137. The molecule has 0 bridgehead atoms. The zero-order valence-electron chi connectivity index (χ0n) is 20.4. The first-order valence-corrected chi connectivity index (χ1v) is 12.6. The minimum absolute atomic E-state index is 0.0258. The third kappa shape index (κ3) is 7.57. The zero-order chi connectivity index (χ0) is 25.0. The van der Waals surface area contributed by atoms with Crippen LogP contribution in [0.4, 0.5) is 4.79 Å². The SMILES string of the molecule is CCCC(NC(=O)OCC1c2ccccc2-c2ccccc21)C(=O)NCCCCCCCC(=O)O. The maximum absolute atomic E-state index is 12.6. The number of carbonyl (C=O) groups excluding carboxylic acids is 2. The van der Waals surface area contributed by atoms with Crippen LogP contribution in [0.25, 0.3) is 11.1 Å². The van der Waals surface area contributed by atoms with Gasteiger partial charge in [-0.25, -0.2) is 4.79 Å². The van der Waals surface area contributed by atoms with Crippen molar-refractivity contribution in [3.8, 4) is 11.1 Å². The summed E-state index contributed by atoms with van der Waals surface area (Å²) >= 11 is 0. The highest BCUT2D eigenvalue weighted by molar-refractivity contribution is 5.85. The Morgan fingerprint density at radius 2 is 1.51 bits per heavy atom. The molecule has 3 N–H and O–H groups in total. The largest absolute Gasteiger partial charge is 0.481 e. The summed E-state index contributed by atoms with van der Waals surface area (Å²) in [6.07, 6.45) is 5.17. The number of carboxylic acids is 1. The Morgan fingerprint density at radius 3 is 2.14 bits per heavy atom. The Balaban J connectivity index is 1.43. The molecule has 7 heteroatoms. The minimum Gasteiger partial charge on any atom is -0.481 e. The van der Waals surface area contributed by atoms with Crippen molar-refractivity contribution in [3.63, 3.8) is 0 Å². The quantitative estimate of drug-likeness (QED) is 0.321. The van der Waals surface area contributed by atoms with E-state index in [1.54, 1.807) is 0 Å². The van der Waals surface area contributed by atoms with E-state index in [0.717, 1.165) is 43.2 Å². The molecular weight excluding hydrogens is 444 g/mol. The van der Waals surface area contributed by atoms with Crippen LogP contribution >= 0.6 is 0 Å². The van der Waals surface area contributed by atoms with Crippen molar-refractivity contribution in [1.82, 2.24) is 10.6 Å². The normalized spacial score (nSPS) is 12.9. The number of benzene rings is 2. The van der Waals surface area contributed by atoms with E-state index in [-0.39, 0.29) is 24.9 Å². The highest BCUT2D eigenvalue weighted by Crippen LogP contribution is 2.44. The fraction of sp³-hybridized carbons (Fsp3) is 0.464. The Labute approximate surface area is 207 Å². The standard InChI is InChI=1S/C28H36N2O5/c1-2-12-25(27(33)29-18-11-5-3-4-6-17-26(31)32)30-28(34)35-19-24-22-15-9-7-13-20(22)21-14-8-10-16-23(21)24/h7-10,13-16,24-25H,2-6,11-12,17-19H2,1H3,(H,29,33)(H,30,34)(H,31,32). The number of hydrogen-bond donors (Lipinski definition) is 3. The van der Waals surface area contributed by atoms with Crippen LogP contribution in [0.2, 0.25) is 0 Å². The number of carbonyl (C=O) groups is 3. The molecule has 1 unspecified atom stereocenters. The number of carboxylic acid groups (broad SMARTS) is 1. The lowest BCUT2D eigenvalue weighted by atomic mass is 9.98. The molecule has 0 spiro atoms. The first kappa shape index (κ1) is 26.3. The molecule has 0 fully saturated rings. The van der Waals surface area contributed by atoms with E-state index in [9.17, 15) is 14.4 Å². The van der Waals surface area contributed by atoms with Gasteiger partial charge in [0.05, 0.1) is 0 Å². The van der Waals surface area contributed by atoms with Crippen molar-refractivity contribution in [1.29, 1.82) is 0 Å². The molecule has 3 rings (SSSR count). The molecule has 0 aliphatic heterocycles. The van der Waals surface area contributed by atoms with E-state index >= 15 is 0 Å². The minimum atomic E-state index is -0.761. The Kier molecular flexibility index (Phi) is 10.1. The van der Waals surface area contributed by atoms with Gasteiger partial charge in [0, 0.05) is 18.9 Å². The average Bonchev–Trinajstić information content (AvgIpc) is 3.17. The molecular formula is C28H36N2O5. The maximum Gasteiger partial charge on any atom is 0.407 e. The van der Waals surface area contributed by atoms with Crippen LogP contribution in [0.3, 0.4) is 0 Å². The molecule has 2 amide bonds. The van der Waals surface area contributed by atoms with Gasteiger partial charge in [-0.15, -0.1) is 0 Å². The number of unbranched alkanes of at least 4 members (excludes halogenated alkanes) is 4. The first-order valence-electron chi connectivity index (χ1n) is 12.6. The van der Waals surface area contributed by atoms with Crippen LogP contribution in [0.15, 0.2) is 48.5 Å². The van der Waals surface area contributed by atoms with Crippen LogP contribution in [0.1, 0.15) is 75.3 Å². The van der Waals surface area contributed by atoms with Gasteiger partial charge >= 0.3 is 12.1 Å². The second kappa shape index (κ2) is 13.5. The summed E-state index contributed by atoms with van der Waals surface area (Å²) in [6.45, 7) is 2.71. The number of alkyl carbamates (subject to hydrolysis) is 1. The van der Waals surface area contributed by atoms with Crippen LogP contribution in [-0.2, 0) is 14.3 Å². The van der Waals surface area contributed by atoms with E-state index in [4.69, 9.17) is 9.84 Å². The highest BCUT2D eigenvalue weighted by atomic mass is 16.5. The summed E-state index contributed by atoms with van der Waals surface area (Å²) in [5, 5.41) is 14.3. The van der Waals surface area contributed by atoms with Crippen LogP contribution in [0, 0.1) is 0 Å². The lowest BCUT2D eigenvalue weighted by Gasteiger charge is -2.19. The van der Waals surface area contributed by atoms with Gasteiger partial charge in [-0.1, -0.05) is 81.1 Å². The molecule has 188 valence electrons. The molecule has 0 heterocycles. The van der Waals surface area contributed by atoms with Gasteiger partial charge < -0.3 is 20.5 Å². The van der Waals surface area contributed by atoms with E-state index in [2.05, 4.69) is 34.9 Å². The molecule has 2 aromatic carbocycles. The monoisotopic (exact) mass is 480 g/mol. The summed E-state index contributed by atoms with van der Waals surface area (Å²) in [7, 11) is 0. The number of ether oxygens (including phenoxy) is 1. The van der Waals surface area contributed by atoms with Crippen LogP contribution < -0.4 is 10.6 Å². The van der Waals surface area contributed by atoms with Crippen molar-refractivity contribution in [2.45, 2.75) is 70.3 Å². The molecule has 0 saturated heterocycles. The Hall–Kier alpha value is -3.35. The Bertz CT molecular complexity index is 961. The summed E-state index contributed by atoms with van der Waals surface area (Å²) in [6, 6.07) is 15.7. The van der Waals surface area contributed by atoms with Gasteiger partial charge in [0.2, 0.25) is 5.91 Å². The smallest absolute Gasteiger partial charge is 0.407 e. The van der Waals surface area contributed by atoms with Gasteiger partial charge in [-0.05, 0) is 41.5 Å². The second-order valence-corrected chi connectivity index (χ2v) is 9.01. The summed E-state index contributed by atoms with van der Waals surface area (Å²) < 4.78 is 5.59. The van der Waals surface area contributed by atoms with Crippen molar-refractivity contribution in [3.05, 3.63) is 59.7 Å². The number of hydrogen-bond acceptors (Lipinski definition) is 4. The average molecular weight is 481 g/mol. The fourth-order valence-corrected chi connectivity index (χ4v) is 4.61. The van der Waals surface area contributed by atoms with Gasteiger partial charge in [-0.2, -0.15) is 0 Å². The summed E-state index contributed by atoms with van der Waals surface area (Å²) in [5.41, 5.74) is 4.63. The lowest BCUT2D eigenvalue weighted by Crippen LogP contribution is -2.47. The van der Waals surface area contributed by atoms with Crippen LogP contribution in [-0.4, -0.2) is 42.3 Å². The molecule has 35 heavy (non-hydrogen) atoms. The predicted molar refractivity (Wildman–Crippen MR) is 135 cm³/mol. The topological polar surface area (TPSA) is 105 Å². The van der Waals surface area contributed by atoms with Crippen LogP contribution in [0.5, 0.6) is 0 Å². The summed E-state index contributed by atoms with van der Waals surface area (Å²) in [5.74, 6) is -0.989. The zero-order valence-corrected chi connectivity index (χ0v) is 20.4. The van der Waals surface area contributed by atoms with Gasteiger partial charge in [0.15, 0.2) is 0 Å². The molecule has 0 radical (unpaired) electrons. The van der Waals surface area contributed by atoms with Crippen molar-refractivity contribution < 1.29 is 24.2 Å². The molecule has 7 nitrogen and oxygen atoms in total. The predicted octanol–water partition coefficient (Wildman–Crippen LogP) is 5.24. The van der Waals surface area contributed by atoms with E-state index in [0.29, 0.717) is 19.4 Å². The van der Waals surface area contributed by atoms with Crippen molar-refractivity contribution >= 4 is 18.0 Å². The van der Waals surface area contributed by atoms with E-state index < -0.39 is 18.1 Å². The van der Waals surface area contributed by atoms with Gasteiger partial charge in [-0.3, -0.25) is 9.59 Å². The van der Waals surface area contributed by atoms with E-state index in [1.807, 2.05) is 31.2 Å². The first-order chi connectivity index (χ1) is 17.0. The number of fused-ring (bicyclic) bond motifs is 3. The molecule has 1 atom stereocenters. The third-order valence-electron chi connectivity index (χ3n) is 6.40. The highest BCUT2D eigenvalue weighted by Gasteiger charge is 2.29. The number of amides is 2.